The molecule has 5 rings (SSSR count). The van der Waals surface area contributed by atoms with E-state index >= 15 is 0 Å². The molecule has 186 valence electrons. The van der Waals surface area contributed by atoms with E-state index in [1.165, 1.54) is 26.2 Å². The number of hydrogen-bond donors (Lipinski definition) is 4. The number of aromatic nitrogens is 5. The number of alkyl halides is 1. The molecule has 4 N–H and O–H groups in total. The summed E-state index contributed by atoms with van der Waals surface area (Å²) < 4.78 is 15.9. The summed E-state index contributed by atoms with van der Waals surface area (Å²) in [5.74, 6) is -0.556. The van der Waals surface area contributed by atoms with E-state index in [-0.39, 0.29) is 12.1 Å². The molecule has 1 atom stereocenters. The van der Waals surface area contributed by atoms with Crippen LogP contribution < -0.4 is 10.6 Å². The zero-order valence-electron chi connectivity index (χ0n) is 20.0. The molecule has 1 unspecified atom stereocenters. The monoisotopic (exact) mass is 498 g/mol. The number of fused-ring (bicyclic) bond motifs is 2. The van der Waals surface area contributed by atoms with Gasteiger partial charge in [-0.25, -0.2) is 8.91 Å². The maximum atomic E-state index is 14.3. The Bertz CT molecular complexity index is 1660. The summed E-state index contributed by atoms with van der Waals surface area (Å²) in [5, 5.41) is 29.1. The molecule has 5 aromatic rings. The van der Waals surface area contributed by atoms with Crippen LogP contribution in [-0.2, 0) is 0 Å². The largest absolute Gasteiger partial charge is 0.387 e. The number of rotatable bonds is 7. The zero-order chi connectivity index (χ0) is 26.2. The standard InChI is InChI=1S/C26H23FN8O2/c1-26(2,37)24(27)14-32-25(36)18-13-31-22(23-4-3-17-7-15(10-28)11-33-35(17)23)9-20(18)34-16-8-21-19(30-12-16)5-6-29-21/h3-9,11-13,24,29,37H,14H2,1-2H3,(H,31,34)(H,32,36). The SMILES string of the molecule is CC(C)(O)C(F)CNC(=O)c1cnc(-c2ccc3cc(C#N)cnn23)cc1Nc1cnc2cc[nH]c2c1. The second kappa shape index (κ2) is 9.33. The molecule has 0 saturated heterocycles. The van der Waals surface area contributed by atoms with E-state index in [2.05, 4.69) is 36.8 Å². The van der Waals surface area contributed by atoms with Gasteiger partial charge in [-0.15, -0.1) is 0 Å². The number of aromatic amines is 1. The van der Waals surface area contributed by atoms with Crippen molar-refractivity contribution in [3.8, 4) is 17.5 Å². The molecule has 0 aliphatic heterocycles. The van der Waals surface area contributed by atoms with Gasteiger partial charge in [0.15, 0.2) is 0 Å². The van der Waals surface area contributed by atoms with E-state index in [4.69, 9.17) is 5.26 Å². The number of hydrogen-bond acceptors (Lipinski definition) is 7. The van der Waals surface area contributed by atoms with Crippen LogP contribution >= 0.6 is 0 Å². The van der Waals surface area contributed by atoms with E-state index in [0.29, 0.717) is 33.8 Å². The number of nitriles is 1. The molecule has 37 heavy (non-hydrogen) atoms. The Labute approximate surface area is 210 Å². The van der Waals surface area contributed by atoms with Gasteiger partial charge in [0, 0.05) is 12.4 Å². The van der Waals surface area contributed by atoms with Crippen LogP contribution in [0.1, 0.15) is 29.8 Å². The van der Waals surface area contributed by atoms with Crippen LogP contribution in [0.15, 0.2) is 61.2 Å². The average Bonchev–Trinajstić information content (AvgIpc) is 3.52. The highest BCUT2D eigenvalue weighted by Crippen LogP contribution is 2.28. The number of H-pyrrole nitrogens is 1. The number of nitrogens with one attached hydrogen (secondary N) is 3. The van der Waals surface area contributed by atoms with Gasteiger partial charge >= 0.3 is 0 Å². The lowest BCUT2D eigenvalue weighted by Gasteiger charge is -2.22. The van der Waals surface area contributed by atoms with Crippen LogP contribution in [0, 0.1) is 11.3 Å². The summed E-state index contributed by atoms with van der Waals surface area (Å²) >= 11 is 0. The molecule has 0 saturated carbocycles. The fourth-order valence-corrected chi connectivity index (χ4v) is 3.82. The summed E-state index contributed by atoms with van der Waals surface area (Å²) in [7, 11) is 0. The Balaban J connectivity index is 1.52. The molecule has 5 heterocycles. The Morgan fingerprint density at radius 1 is 1.22 bits per heavy atom. The van der Waals surface area contributed by atoms with Gasteiger partial charge in [0.1, 0.15) is 12.2 Å². The number of carbonyl (C=O) groups excluding carboxylic acids is 1. The molecule has 0 aliphatic carbocycles. The van der Waals surface area contributed by atoms with Crippen molar-refractivity contribution in [2.45, 2.75) is 25.6 Å². The first-order valence-corrected chi connectivity index (χ1v) is 11.5. The lowest BCUT2D eigenvalue weighted by Crippen LogP contribution is -2.42. The summed E-state index contributed by atoms with van der Waals surface area (Å²) in [6.45, 7) is 2.31. The number of amides is 1. The number of pyridine rings is 2. The summed E-state index contributed by atoms with van der Waals surface area (Å²) in [5.41, 5.74) is 3.55. The van der Waals surface area contributed by atoms with Crippen LogP contribution in [0.5, 0.6) is 0 Å². The van der Waals surface area contributed by atoms with Crippen molar-refractivity contribution in [3.05, 3.63) is 72.3 Å². The van der Waals surface area contributed by atoms with Gasteiger partial charge < -0.3 is 20.7 Å². The van der Waals surface area contributed by atoms with Crippen molar-refractivity contribution in [2.75, 3.05) is 11.9 Å². The number of halogens is 1. The molecule has 0 aliphatic rings. The molecule has 5 aromatic heterocycles. The van der Waals surface area contributed by atoms with Gasteiger partial charge in [-0.2, -0.15) is 10.4 Å². The van der Waals surface area contributed by atoms with Gasteiger partial charge in [0.05, 0.1) is 75.0 Å². The second-order valence-electron chi connectivity index (χ2n) is 9.12. The van der Waals surface area contributed by atoms with Crippen molar-refractivity contribution in [1.82, 2.24) is 29.9 Å². The van der Waals surface area contributed by atoms with Crippen LogP contribution in [0.2, 0.25) is 0 Å². The lowest BCUT2D eigenvalue weighted by molar-refractivity contribution is -0.00177. The minimum absolute atomic E-state index is 0.180. The number of nitrogens with zero attached hydrogens (tertiary/aromatic N) is 5. The predicted octanol–water partition coefficient (Wildman–Crippen LogP) is 3.73. The molecule has 0 spiro atoms. The topological polar surface area (TPSA) is 144 Å². The molecular formula is C26H23FN8O2. The smallest absolute Gasteiger partial charge is 0.255 e. The summed E-state index contributed by atoms with van der Waals surface area (Å²) in [6.07, 6.45) is 4.62. The first kappa shape index (κ1) is 23.9. The van der Waals surface area contributed by atoms with Gasteiger partial charge in [-0.3, -0.25) is 14.8 Å². The Morgan fingerprint density at radius 3 is 2.84 bits per heavy atom. The number of carbonyl (C=O) groups is 1. The van der Waals surface area contributed by atoms with Gasteiger partial charge in [-0.1, -0.05) is 0 Å². The lowest BCUT2D eigenvalue weighted by atomic mass is 10.0. The summed E-state index contributed by atoms with van der Waals surface area (Å²) in [6, 6.07) is 12.8. The predicted molar refractivity (Wildman–Crippen MR) is 136 cm³/mol. The third-order valence-electron chi connectivity index (χ3n) is 5.93. The summed E-state index contributed by atoms with van der Waals surface area (Å²) in [4.78, 5) is 25.0. The highest BCUT2D eigenvalue weighted by molar-refractivity contribution is 6.00. The van der Waals surface area contributed by atoms with E-state index < -0.39 is 17.7 Å². The van der Waals surface area contributed by atoms with E-state index in [9.17, 15) is 14.3 Å². The highest BCUT2D eigenvalue weighted by Gasteiger charge is 2.27. The normalized spacial score (nSPS) is 12.4. The molecule has 1 amide bonds. The van der Waals surface area contributed by atoms with Crippen molar-refractivity contribution in [2.24, 2.45) is 0 Å². The first-order valence-electron chi connectivity index (χ1n) is 11.5. The average molecular weight is 499 g/mol. The number of aliphatic hydroxyl groups is 1. The number of anilines is 2. The minimum atomic E-state index is -1.66. The fraction of sp³-hybridized carbons (Fsp3) is 0.192. The van der Waals surface area contributed by atoms with Crippen molar-refractivity contribution in [1.29, 1.82) is 5.26 Å². The molecule has 10 nitrogen and oxygen atoms in total. The van der Waals surface area contributed by atoms with Crippen molar-refractivity contribution in [3.63, 3.8) is 0 Å². The molecule has 0 radical (unpaired) electrons. The third kappa shape index (κ3) is 4.82. The maximum absolute atomic E-state index is 14.3. The molecule has 0 aromatic carbocycles. The molecular weight excluding hydrogens is 475 g/mol. The van der Waals surface area contributed by atoms with E-state index in [0.717, 1.165) is 11.0 Å². The van der Waals surface area contributed by atoms with Crippen LogP contribution in [0.25, 0.3) is 27.9 Å². The molecule has 0 bridgehead atoms. The maximum Gasteiger partial charge on any atom is 0.255 e. The van der Waals surface area contributed by atoms with Gasteiger partial charge in [-0.05, 0) is 50.2 Å². The van der Waals surface area contributed by atoms with Crippen LogP contribution in [0.3, 0.4) is 0 Å². The Kier molecular flexibility index (Phi) is 6.02. The quantitative estimate of drug-likeness (QED) is 0.268. The first-order chi connectivity index (χ1) is 17.7. The van der Waals surface area contributed by atoms with Gasteiger partial charge in [0.25, 0.3) is 5.91 Å². The highest BCUT2D eigenvalue weighted by atomic mass is 19.1. The Morgan fingerprint density at radius 2 is 2.05 bits per heavy atom. The van der Waals surface area contributed by atoms with Crippen molar-refractivity contribution >= 4 is 33.8 Å². The molecule has 11 heteroatoms. The van der Waals surface area contributed by atoms with E-state index in [1.807, 2.05) is 24.3 Å². The van der Waals surface area contributed by atoms with Crippen molar-refractivity contribution < 1.29 is 14.3 Å². The fourth-order valence-electron chi connectivity index (χ4n) is 3.82. The van der Waals surface area contributed by atoms with Crippen LogP contribution in [0.4, 0.5) is 15.8 Å². The van der Waals surface area contributed by atoms with Crippen LogP contribution in [-0.4, -0.2) is 53.9 Å². The second-order valence-corrected chi connectivity index (χ2v) is 9.12. The third-order valence-corrected chi connectivity index (χ3v) is 5.93. The molecule has 0 fully saturated rings. The van der Waals surface area contributed by atoms with E-state index in [1.54, 1.807) is 29.0 Å². The van der Waals surface area contributed by atoms with Gasteiger partial charge in [0.2, 0.25) is 0 Å². The minimum Gasteiger partial charge on any atom is -0.387 e. The zero-order valence-corrected chi connectivity index (χ0v) is 20.0. The Hall–Kier alpha value is -4.82.